The number of rotatable bonds is 3. The molecule has 3 aromatic rings. The number of Topliss-reactive ketones (excluding diaryl/α,β-unsaturated/α-hetero) is 1. The highest BCUT2D eigenvalue weighted by Crippen LogP contribution is 2.34. The van der Waals surface area contributed by atoms with Crippen LogP contribution >= 0.6 is 0 Å². The molecule has 29 heavy (non-hydrogen) atoms. The maximum atomic E-state index is 13.4. The molecule has 1 amide bonds. The van der Waals surface area contributed by atoms with E-state index in [0.717, 1.165) is 36.6 Å². The molecule has 1 aliphatic carbocycles. The number of carbonyl (C=O) groups excluding carboxylic acids is 2. The van der Waals surface area contributed by atoms with Gasteiger partial charge in [0.25, 0.3) is 5.91 Å². The number of nitrogen functional groups attached to an aromatic ring is 1. The first-order valence-corrected chi connectivity index (χ1v) is 10.2. The summed E-state index contributed by atoms with van der Waals surface area (Å²) >= 11 is 0. The van der Waals surface area contributed by atoms with Gasteiger partial charge in [-0.15, -0.1) is 0 Å². The fraction of sp³-hybridized carbons (Fsp3) is 0.292. The van der Waals surface area contributed by atoms with Crippen LogP contribution in [0.25, 0.3) is 10.8 Å². The summed E-state index contributed by atoms with van der Waals surface area (Å²) in [5.41, 5.74) is 9.71. The van der Waals surface area contributed by atoms with Crippen LogP contribution in [0.4, 0.5) is 5.82 Å². The number of benzene rings is 2. The molecule has 2 aromatic carbocycles. The second-order valence-electron chi connectivity index (χ2n) is 8.04. The lowest BCUT2D eigenvalue weighted by atomic mass is 9.87. The predicted octanol–water partition coefficient (Wildman–Crippen LogP) is 3.65. The number of hydrogen-bond acceptors (Lipinski definition) is 4. The van der Waals surface area contributed by atoms with Crippen molar-refractivity contribution in [3.8, 4) is 0 Å². The molecule has 0 unspecified atom stereocenters. The summed E-state index contributed by atoms with van der Waals surface area (Å²) in [4.78, 5) is 32.1. The van der Waals surface area contributed by atoms with Crippen LogP contribution in [0.2, 0.25) is 0 Å². The molecule has 1 aliphatic heterocycles. The molecule has 2 heterocycles. The van der Waals surface area contributed by atoms with E-state index in [0.29, 0.717) is 24.5 Å². The lowest BCUT2D eigenvalue weighted by Crippen LogP contribution is -2.42. The number of aryl methyl sites for hydroxylation is 2. The molecule has 1 atom stereocenters. The van der Waals surface area contributed by atoms with Gasteiger partial charge in [0.05, 0.1) is 0 Å². The summed E-state index contributed by atoms with van der Waals surface area (Å²) in [6, 6.07) is 13.6. The van der Waals surface area contributed by atoms with E-state index in [1.165, 1.54) is 16.5 Å². The average molecular weight is 385 g/mol. The van der Waals surface area contributed by atoms with Crippen molar-refractivity contribution >= 4 is 28.3 Å². The van der Waals surface area contributed by atoms with Gasteiger partial charge in [-0.2, -0.15) is 0 Å². The van der Waals surface area contributed by atoms with Crippen LogP contribution in [0.3, 0.4) is 0 Å². The Balaban J connectivity index is 1.42. The van der Waals surface area contributed by atoms with E-state index in [1.807, 2.05) is 12.1 Å². The molecular formula is C24H23N3O2. The van der Waals surface area contributed by atoms with Crippen molar-refractivity contribution in [3.05, 3.63) is 70.9 Å². The molecule has 1 saturated heterocycles. The van der Waals surface area contributed by atoms with Crippen molar-refractivity contribution in [3.63, 3.8) is 0 Å². The number of ketones is 1. The molecule has 2 aliphatic rings. The number of anilines is 1. The van der Waals surface area contributed by atoms with Crippen LogP contribution in [0, 0.1) is 5.92 Å². The molecule has 0 spiro atoms. The number of aromatic nitrogens is 1. The minimum absolute atomic E-state index is 0.0861. The Labute approximate surface area is 169 Å². The van der Waals surface area contributed by atoms with Gasteiger partial charge in [-0.1, -0.05) is 30.3 Å². The first-order chi connectivity index (χ1) is 14.1. The number of nitrogens with zero attached hydrogens (tertiary/aromatic N) is 2. The third-order valence-electron chi connectivity index (χ3n) is 6.25. The average Bonchev–Trinajstić information content (AvgIpc) is 3.18. The highest BCUT2D eigenvalue weighted by molar-refractivity contribution is 6.11. The largest absolute Gasteiger partial charge is 0.384 e. The van der Waals surface area contributed by atoms with Crippen LogP contribution in [0.5, 0.6) is 0 Å². The summed E-state index contributed by atoms with van der Waals surface area (Å²) < 4.78 is 0. The lowest BCUT2D eigenvalue weighted by Gasteiger charge is -2.32. The van der Waals surface area contributed by atoms with Crippen LogP contribution in [0.1, 0.15) is 44.7 Å². The van der Waals surface area contributed by atoms with E-state index in [9.17, 15) is 9.59 Å². The molecule has 1 aromatic heterocycles. The molecule has 146 valence electrons. The van der Waals surface area contributed by atoms with E-state index in [1.54, 1.807) is 23.2 Å². The van der Waals surface area contributed by atoms with Gasteiger partial charge in [0.1, 0.15) is 5.82 Å². The van der Waals surface area contributed by atoms with Gasteiger partial charge in [-0.3, -0.25) is 9.59 Å². The Kier molecular flexibility index (Phi) is 4.31. The van der Waals surface area contributed by atoms with E-state index in [2.05, 4.69) is 23.2 Å². The summed E-state index contributed by atoms with van der Waals surface area (Å²) in [5, 5.41) is 2.32. The molecule has 2 N–H and O–H groups in total. The Morgan fingerprint density at radius 1 is 1.07 bits per heavy atom. The highest BCUT2D eigenvalue weighted by Gasteiger charge is 2.31. The fourth-order valence-corrected chi connectivity index (χ4v) is 4.82. The van der Waals surface area contributed by atoms with Crippen molar-refractivity contribution in [1.82, 2.24) is 9.88 Å². The minimum Gasteiger partial charge on any atom is -0.384 e. The molecule has 0 radical (unpaired) electrons. The first-order valence-electron chi connectivity index (χ1n) is 10.2. The van der Waals surface area contributed by atoms with E-state index in [4.69, 9.17) is 5.73 Å². The Morgan fingerprint density at radius 3 is 2.72 bits per heavy atom. The monoisotopic (exact) mass is 385 g/mol. The van der Waals surface area contributed by atoms with Crippen molar-refractivity contribution < 1.29 is 9.59 Å². The Morgan fingerprint density at radius 2 is 1.90 bits per heavy atom. The smallest absolute Gasteiger partial charge is 0.254 e. The van der Waals surface area contributed by atoms with Gasteiger partial charge in [0.15, 0.2) is 5.78 Å². The first kappa shape index (κ1) is 17.9. The number of piperidine rings is 1. The second-order valence-corrected chi connectivity index (χ2v) is 8.04. The summed E-state index contributed by atoms with van der Waals surface area (Å²) in [6.07, 6.45) is 5.27. The Bertz CT molecular complexity index is 1130. The third-order valence-corrected chi connectivity index (χ3v) is 6.25. The van der Waals surface area contributed by atoms with Gasteiger partial charge in [0.2, 0.25) is 0 Å². The van der Waals surface area contributed by atoms with Gasteiger partial charge < -0.3 is 10.6 Å². The molecule has 0 bridgehead atoms. The molecule has 5 nitrogen and oxygen atoms in total. The molecular weight excluding hydrogens is 362 g/mol. The van der Waals surface area contributed by atoms with Gasteiger partial charge in [-0.05, 0) is 59.7 Å². The van der Waals surface area contributed by atoms with Crippen molar-refractivity contribution in [2.24, 2.45) is 5.92 Å². The van der Waals surface area contributed by atoms with Crippen molar-refractivity contribution in [2.45, 2.75) is 25.7 Å². The zero-order valence-corrected chi connectivity index (χ0v) is 16.2. The lowest BCUT2D eigenvalue weighted by molar-refractivity contribution is 0.0637. The van der Waals surface area contributed by atoms with E-state index < -0.39 is 0 Å². The highest BCUT2D eigenvalue weighted by atomic mass is 16.2. The van der Waals surface area contributed by atoms with E-state index >= 15 is 0 Å². The number of likely N-dealkylation sites (tertiary alicyclic amines) is 1. The molecule has 5 heteroatoms. The SMILES string of the molecule is Nc1cc(C(=O)N2CCC[C@H](C(=O)c3ccc4c5c(cccc35)CC4)C2)ccn1. The second kappa shape index (κ2) is 6.99. The molecule has 0 saturated carbocycles. The predicted molar refractivity (Wildman–Crippen MR) is 113 cm³/mol. The van der Waals surface area contributed by atoms with Crippen LogP contribution < -0.4 is 5.73 Å². The van der Waals surface area contributed by atoms with Crippen LogP contribution in [0.15, 0.2) is 48.7 Å². The van der Waals surface area contributed by atoms with Crippen molar-refractivity contribution in [2.75, 3.05) is 18.8 Å². The summed E-state index contributed by atoms with van der Waals surface area (Å²) in [7, 11) is 0. The number of nitrogens with two attached hydrogens (primary N) is 1. The molecule has 1 fully saturated rings. The maximum absolute atomic E-state index is 13.4. The maximum Gasteiger partial charge on any atom is 0.254 e. The summed E-state index contributed by atoms with van der Waals surface area (Å²) in [6.45, 7) is 1.11. The number of hydrogen-bond donors (Lipinski definition) is 1. The van der Waals surface area contributed by atoms with Gasteiger partial charge in [-0.25, -0.2) is 4.98 Å². The number of carbonyl (C=O) groups is 2. The summed E-state index contributed by atoms with van der Waals surface area (Å²) in [5.74, 6) is 0.211. The number of pyridine rings is 1. The standard InChI is InChI=1S/C24H23N3O2/c25-21-13-17(10-11-26-21)24(29)27-12-2-4-18(14-27)23(28)20-9-8-16-7-6-15-3-1-5-19(20)22(15)16/h1,3,5,8-11,13,18H,2,4,6-7,12,14H2,(H2,25,26)/t18-/m0/s1. The zero-order chi connectivity index (χ0) is 20.0. The quantitative estimate of drug-likeness (QED) is 0.698. The van der Waals surface area contributed by atoms with Crippen LogP contribution in [-0.2, 0) is 12.8 Å². The topological polar surface area (TPSA) is 76.3 Å². The Hall–Kier alpha value is -3.21. The minimum atomic E-state index is -0.176. The third kappa shape index (κ3) is 3.07. The van der Waals surface area contributed by atoms with Crippen molar-refractivity contribution in [1.29, 1.82) is 0 Å². The van der Waals surface area contributed by atoms with E-state index in [-0.39, 0.29) is 17.6 Å². The number of amides is 1. The van der Waals surface area contributed by atoms with Gasteiger partial charge >= 0.3 is 0 Å². The van der Waals surface area contributed by atoms with Crippen LogP contribution in [-0.4, -0.2) is 34.7 Å². The normalized spacial score (nSPS) is 18.2. The zero-order valence-electron chi connectivity index (χ0n) is 16.2. The fourth-order valence-electron chi connectivity index (χ4n) is 4.82. The molecule has 5 rings (SSSR count). The van der Waals surface area contributed by atoms with Gasteiger partial charge in [0, 0.05) is 36.3 Å².